The lowest BCUT2D eigenvalue weighted by Gasteiger charge is -2.34. The number of piperazine rings is 1. The maximum absolute atomic E-state index is 13.3. The Kier molecular flexibility index (Phi) is 6.25. The first-order valence-corrected chi connectivity index (χ1v) is 12.4. The molecule has 0 N–H and O–H groups in total. The summed E-state index contributed by atoms with van der Waals surface area (Å²) in [6.07, 6.45) is 0. The zero-order valence-electron chi connectivity index (χ0n) is 19.5. The smallest absolute Gasteiger partial charge is 0.243 e. The van der Waals surface area contributed by atoms with Gasteiger partial charge in [-0.3, -0.25) is 4.90 Å². The number of nitrogens with zero attached hydrogens (tertiary/aromatic N) is 3. The molecule has 0 spiro atoms. The first kappa shape index (κ1) is 22.7. The van der Waals surface area contributed by atoms with E-state index >= 15 is 0 Å². The second-order valence-corrected chi connectivity index (χ2v) is 10.6. The summed E-state index contributed by atoms with van der Waals surface area (Å²) < 4.78 is 34.2. The first-order chi connectivity index (χ1) is 15.2. The van der Waals surface area contributed by atoms with Crippen molar-refractivity contribution < 1.29 is 12.8 Å². The van der Waals surface area contributed by atoms with Crippen molar-refractivity contribution in [3.63, 3.8) is 0 Å². The summed E-state index contributed by atoms with van der Waals surface area (Å²) >= 11 is 0. The Labute approximate surface area is 190 Å². The highest BCUT2D eigenvalue weighted by Gasteiger charge is 2.31. The molecule has 7 heteroatoms. The van der Waals surface area contributed by atoms with Gasteiger partial charge in [-0.2, -0.15) is 4.31 Å². The van der Waals surface area contributed by atoms with E-state index in [0.717, 1.165) is 39.3 Å². The van der Waals surface area contributed by atoms with Crippen LogP contribution in [0.2, 0.25) is 0 Å². The Morgan fingerprint density at radius 1 is 0.906 bits per heavy atom. The summed E-state index contributed by atoms with van der Waals surface area (Å²) in [5, 5.41) is 0. The summed E-state index contributed by atoms with van der Waals surface area (Å²) in [5.74, 6) is 1.45. The van der Waals surface area contributed by atoms with Crippen LogP contribution in [0.5, 0.6) is 0 Å². The van der Waals surface area contributed by atoms with Crippen LogP contribution in [0, 0.1) is 34.6 Å². The number of benzene rings is 2. The highest BCUT2D eigenvalue weighted by atomic mass is 32.2. The number of sulfonamides is 1. The molecule has 3 aromatic rings. The second-order valence-electron chi connectivity index (χ2n) is 8.74. The van der Waals surface area contributed by atoms with Crippen LogP contribution in [0.4, 0.5) is 0 Å². The van der Waals surface area contributed by atoms with Gasteiger partial charge in [0, 0.05) is 38.3 Å². The van der Waals surface area contributed by atoms with E-state index in [4.69, 9.17) is 9.40 Å². The third-order valence-corrected chi connectivity index (χ3v) is 8.38. The molecule has 1 aliphatic heterocycles. The Balaban J connectivity index is 1.46. The molecule has 2 aromatic carbocycles. The normalized spacial score (nSPS) is 15.9. The first-order valence-electron chi connectivity index (χ1n) is 11.0. The van der Waals surface area contributed by atoms with Gasteiger partial charge < -0.3 is 4.42 Å². The van der Waals surface area contributed by atoms with Crippen LogP contribution in [0.1, 0.15) is 33.7 Å². The molecule has 0 atom stereocenters. The number of oxazole rings is 1. The molecular formula is C25H31N3O3S. The van der Waals surface area contributed by atoms with Crippen molar-refractivity contribution in [2.45, 2.75) is 46.1 Å². The standard InChI is InChI=1S/C25H31N3O3S/c1-17-14-19(3)24(20(4)15-17)32(29,30)28-12-10-27(11-13-28)16-23-21(5)31-25(26-23)22-9-7-6-8-18(22)2/h6-9,14-15H,10-13,16H2,1-5H3. The van der Waals surface area contributed by atoms with E-state index in [2.05, 4.69) is 4.90 Å². The molecule has 4 rings (SSSR count). The van der Waals surface area contributed by atoms with Crippen molar-refractivity contribution in [3.05, 3.63) is 70.1 Å². The van der Waals surface area contributed by atoms with Gasteiger partial charge in [-0.25, -0.2) is 13.4 Å². The predicted octanol–water partition coefficient (Wildman–Crippen LogP) is 4.39. The van der Waals surface area contributed by atoms with E-state index in [1.54, 1.807) is 4.31 Å². The summed E-state index contributed by atoms with van der Waals surface area (Å²) in [4.78, 5) is 7.44. The Morgan fingerprint density at radius 2 is 1.53 bits per heavy atom. The molecule has 0 saturated carbocycles. The fraction of sp³-hybridized carbons (Fsp3) is 0.400. The van der Waals surface area contributed by atoms with Gasteiger partial charge in [0.1, 0.15) is 5.76 Å². The number of hydrogen-bond acceptors (Lipinski definition) is 5. The fourth-order valence-corrected chi connectivity index (χ4v) is 6.38. The Morgan fingerprint density at radius 3 is 2.16 bits per heavy atom. The highest BCUT2D eigenvalue weighted by molar-refractivity contribution is 7.89. The van der Waals surface area contributed by atoms with Crippen molar-refractivity contribution in [3.8, 4) is 11.5 Å². The summed E-state index contributed by atoms with van der Waals surface area (Å²) in [7, 11) is -3.51. The number of rotatable bonds is 5. The van der Waals surface area contributed by atoms with Gasteiger partial charge in [-0.05, 0) is 57.4 Å². The van der Waals surface area contributed by atoms with Crippen LogP contribution in [0.15, 0.2) is 45.7 Å². The SMILES string of the molecule is Cc1cc(C)c(S(=O)(=O)N2CCN(Cc3nc(-c4ccccc4C)oc3C)CC2)c(C)c1. The van der Waals surface area contributed by atoms with Crippen LogP contribution in [-0.4, -0.2) is 48.8 Å². The van der Waals surface area contributed by atoms with E-state index in [9.17, 15) is 8.42 Å². The van der Waals surface area contributed by atoms with Crippen LogP contribution < -0.4 is 0 Å². The Hall–Kier alpha value is -2.48. The third-order valence-electron chi connectivity index (χ3n) is 6.18. The molecule has 0 radical (unpaired) electrons. The van der Waals surface area contributed by atoms with Crippen LogP contribution in [-0.2, 0) is 16.6 Å². The number of hydrogen-bond donors (Lipinski definition) is 0. The summed E-state index contributed by atoms with van der Waals surface area (Å²) in [6, 6.07) is 11.9. The maximum atomic E-state index is 13.3. The molecule has 0 unspecified atom stereocenters. The van der Waals surface area contributed by atoms with Crippen molar-refractivity contribution in [2.24, 2.45) is 0 Å². The Bertz CT molecular complexity index is 1220. The molecule has 6 nitrogen and oxygen atoms in total. The lowest BCUT2D eigenvalue weighted by Crippen LogP contribution is -2.48. The molecule has 170 valence electrons. The van der Waals surface area contributed by atoms with Gasteiger partial charge in [0.15, 0.2) is 0 Å². The quantitative estimate of drug-likeness (QED) is 0.573. The maximum Gasteiger partial charge on any atom is 0.243 e. The zero-order chi connectivity index (χ0) is 23.0. The molecule has 0 aliphatic carbocycles. The van der Waals surface area contributed by atoms with E-state index in [0.29, 0.717) is 43.5 Å². The molecule has 1 aromatic heterocycles. The van der Waals surface area contributed by atoms with Crippen LogP contribution >= 0.6 is 0 Å². The minimum atomic E-state index is -3.51. The summed E-state index contributed by atoms with van der Waals surface area (Å²) in [6.45, 7) is 12.6. The van der Waals surface area contributed by atoms with E-state index < -0.39 is 10.0 Å². The lowest BCUT2D eigenvalue weighted by atomic mass is 10.1. The number of aromatic nitrogens is 1. The fourth-order valence-electron chi connectivity index (χ4n) is 4.55. The lowest BCUT2D eigenvalue weighted by molar-refractivity contribution is 0.179. The highest BCUT2D eigenvalue weighted by Crippen LogP contribution is 2.28. The topological polar surface area (TPSA) is 66.7 Å². The van der Waals surface area contributed by atoms with Gasteiger partial charge in [-0.15, -0.1) is 0 Å². The molecule has 1 fully saturated rings. The van der Waals surface area contributed by atoms with Crippen molar-refractivity contribution >= 4 is 10.0 Å². The average molecular weight is 454 g/mol. The molecule has 0 bridgehead atoms. The molecular weight excluding hydrogens is 422 g/mol. The largest absolute Gasteiger partial charge is 0.441 e. The predicted molar refractivity (Wildman–Crippen MR) is 126 cm³/mol. The van der Waals surface area contributed by atoms with Gasteiger partial charge in [0.05, 0.1) is 10.6 Å². The van der Waals surface area contributed by atoms with E-state index in [1.165, 1.54) is 0 Å². The minimum absolute atomic E-state index is 0.451. The van der Waals surface area contributed by atoms with Crippen molar-refractivity contribution in [1.82, 2.24) is 14.2 Å². The van der Waals surface area contributed by atoms with Gasteiger partial charge in [0.25, 0.3) is 0 Å². The van der Waals surface area contributed by atoms with Gasteiger partial charge >= 0.3 is 0 Å². The van der Waals surface area contributed by atoms with Gasteiger partial charge in [0.2, 0.25) is 15.9 Å². The van der Waals surface area contributed by atoms with Crippen molar-refractivity contribution in [2.75, 3.05) is 26.2 Å². The third kappa shape index (κ3) is 4.37. The summed E-state index contributed by atoms with van der Waals surface area (Å²) in [5.41, 5.74) is 5.74. The molecule has 1 saturated heterocycles. The average Bonchev–Trinajstić information content (AvgIpc) is 3.07. The number of aryl methyl sites for hydroxylation is 5. The second kappa shape index (κ2) is 8.81. The van der Waals surface area contributed by atoms with E-state index in [1.807, 2.05) is 71.0 Å². The molecule has 32 heavy (non-hydrogen) atoms. The van der Waals surface area contributed by atoms with Gasteiger partial charge in [-0.1, -0.05) is 35.9 Å². The van der Waals surface area contributed by atoms with Crippen molar-refractivity contribution in [1.29, 1.82) is 0 Å². The molecule has 2 heterocycles. The van der Waals surface area contributed by atoms with E-state index in [-0.39, 0.29) is 0 Å². The molecule has 0 amide bonds. The monoisotopic (exact) mass is 453 g/mol. The minimum Gasteiger partial charge on any atom is -0.441 e. The zero-order valence-corrected chi connectivity index (χ0v) is 20.3. The molecule has 1 aliphatic rings. The van der Waals surface area contributed by atoms with Crippen LogP contribution in [0.3, 0.4) is 0 Å². The van der Waals surface area contributed by atoms with Crippen LogP contribution in [0.25, 0.3) is 11.5 Å².